The second kappa shape index (κ2) is 30.4. The molecule has 0 fully saturated rings. The van der Waals surface area contributed by atoms with Crippen LogP contribution in [0.15, 0.2) is 117 Å². The maximum atomic E-state index is 11.7. The molecule has 0 aliphatic carbocycles. The average Bonchev–Trinajstić information content (AvgIpc) is 3.27. The number of amides is 8. The Hall–Kier alpha value is -5.08. The Morgan fingerprint density at radius 1 is 0.324 bits per heavy atom. The van der Waals surface area contributed by atoms with Crippen molar-refractivity contribution in [2.24, 2.45) is 0 Å². The predicted molar refractivity (Wildman–Crippen MR) is 262 cm³/mol. The van der Waals surface area contributed by atoms with Crippen molar-refractivity contribution in [1.82, 2.24) is 40.2 Å². The first-order chi connectivity index (χ1) is 31.8. The number of nitrogens with one attached hydrogen (secondary N) is 8. The van der Waals surface area contributed by atoms with Gasteiger partial charge in [-0.3, -0.25) is 0 Å². The molecule has 0 aliphatic rings. The van der Waals surface area contributed by atoms with Crippen LogP contribution in [-0.4, -0.2) is 84.0 Å². The molecule has 0 radical (unpaired) electrons. The number of benzene rings is 4. The van der Waals surface area contributed by atoms with E-state index in [1.807, 2.05) is 46.6 Å². The molecule has 0 spiro atoms. The lowest BCUT2D eigenvalue weighted by atomic mass is 10.4. The van der Waals surface area contributed by atoms with Crippen LogP contribution in [0.25, 0.3) is 0 Å². The van der Waals surface area contributed by atoms with Crippen LogP contribution in [0, 0.1) is 0 Å². The Morgan fingerprint density at radius 2 is 0.471 bits per heavy atom. The molecule has 28 heteroatoms. The fourth-order valence-corrected chi connectivity index (χ4v) is 8.50. The van der Waals surface area contributed by atoms with Crippen LogP contribution in [0.5, 0.6) is 0 Å². The second-order valence-corrected chi connectivity index (χ2v) is 21.7. The van der Waals surface area contributed by atoms with Gasteiger partial charge in [0.25, 0.3) is 40.1 Å². The van der Waals surface area contributed by atoms with Gasteiger partial charge < -0.3 is 21.3 Å². The van der Waals surface area contributed by atoms with Crippen LogP contribution < -0.4 is 40.2 Å². The largest absolute Gasteiger partial charge is 0.337 e. The van der Waals surface area contributed by atoms with E-state index in [2.05, 4.69) is 21.3 Å². The summed E-state index contributed by atoms with van der Waals surface area (Å²) < 4.78 is 101. The van der Waals surface area contributed by atoms with E-state index in [9.17, 15) is 52.8 Å². The molecule has 0 bridgehead atoms. The Morgan fingerprint density at radius 3 is 0.603 bits per heavy atom. The van der Waals surface area contributed by atoms with Gasteiger partial charge in [0, 0.05) is 46.3 Å². The highest BCUT2D eigenvalue weighted by Gasteiger charge is 2.20. The summed E-state index contributed by atoms with van der Waals surface area (Å²) in [7, 11) is -15.3. The molecule has 0 aromatic heterocycles. The highest BCUT2D eigenvalue weighted by atomic mass is 35.5. The van der Waals surface area contributed by atoms with E-state index >= 15 is 0 Å². The van der Waals surface area contributed by atoms with Gasteiger partial charge in [0.05, 0.1) is 19.6 Å². The van der Waals surface area contributed by atoms with Gasteiger partial charge in [-0.15, -0.1) is 0 Å². The zero-order chi connectivity index (χ0) is 51.6. The minimum absolute atomic E-state index is 0.00597. The average molecular weight is 1110 g/mol. The van der Waals surface area contributed by atoms with E-state index in [1.54, 1.807) is 0 Å². The van der Waals surface area contributed by atoms with Crippen molar-refractivity contribution < 1.29 is 52.8 Å². The van der Waals surface area contributed by atoms with Crippen molar-refractivity contribution in [3.05, 3.63) is 117 Å². The normalized spacial score (nSPS) is 10.9. The van der Waals surface area contributed by atoms with Gasteiger partial charge in [-0.05, 0) is 123 Å². The summed E-state index contributed by atoms with van der Waals surface area (Å²) >= 11 is 22.6. The van der Waals surface area contributed by atoms with Crippen LogP contribution in [-0.2, 0) is 40.1 Å². The predicted octanol–water partition coefficient (Wildman–Crippen LogP) is 6.95. The van der Waals surface area contributed by atoms with Crippen LogP contribution in [0.1, 0.15) is 53.4 Å². The lowest BCUT2D eigenvalue weighted by Crippen LogP contribution is -2.39. The maximum Gasteiger partial charge on any atom is 0.328 e. The molecule has 0 saturated carbocycles. The van der Waals surface area contributed by atoms with E-state index in [0.29, 0.717) is 46.3 Å². The zero-order valence-corrected chi connectivity index (χ0v) is 43.2. The van der Waals surface area contributed by atoms with Gasteiger partial charge in [-0.1, -0.05) is 74.1 Å². The molecule has 4 aromatic carbocycles. The van der Waals surface area contributed by atoms with E-state index in [0.717, 1.165) is 25.7 Å². The van der Waals surface area contributed by atoms with Crippen molar-refractivity contribution in [2.75, 3.05) is 26.2 Å². The van der Waals surface area contributed by atoms with Crippen LogP contribution in [0.3, 0.4) is 0 Å². The van der Waals surface area contributed by atoms with Gasteiger partial charge in [0.2, 0.25) is 0 Å². The topological polar surface area (TPSA) is 301 Å². The van der Waals surface area contributed by atoms with Crippen LogP contribution in [0.4, 0.5) is 19.2 Å². The Bertz CT molecular complexity index is 2310. The molecule has 0 saturated heterocycles. The van der Waals surface area contributed by atoms with Crippen molar-refractivity contribution in [3.8, 4) is 0 Å². The summed E-state index contributed by atoms with van der Waals surface area (Å²) in [4.78, 5) is 44.9. The lowest BCUT2D eigenvalue weighted by Gasteiger charge is -2.07. The molecule has 0 atom stereocenters. The van der Waals surface area contributed by atoms with Crippen LogP contribution in [0.2, 0.25) is 20.1 Å². The van der Waals surface area contributed by atoms with Gasteiger partial charge in [-0.2, -0.15) is 0 Å². The summed E-state index contributed by atoms with van der Waals surface area (Å²) in [5.74, 6) is 0. The lowest BCUT2D eigenvalue weighted by molar-refractivity contribution is 0.245. The minimum atomic E-state index is -3.83. The third-order valence-corrected chi connectivity index (χ3v) is 13.9. The zero-order valence-electron chi connectivity index (χ0n) is 36.9. The molecule has 4 rings (SSSR count). The molecule has 4 aromatic rings. The van der Waals surface area contributed by atoms with E-state index < -0.39 is 64.2 Å². The second-order valence-electron chi connectivity index (χ2n) is 13.3. The Balaban J connectivity index is 0.000000453. The third kappa shape index (κ3) is 24.3. The molecule has 0 heterocycles. The summed E-state index contributed by atoms with van der Waals surface area (Å²) in [5, 5.41) is 11.4. The quantitative estimate of drug-likeness (QED) is 0.0565. The van der Waals surface area contributed by atoms with Gasteiger partial charge in [0.1, 0.15) is 0 Å². The number of urea groups is 4. The van der Waals surface area contributed by atoms with Crippen molar-refractivity contribution in [3.63, 3.8) is 0 Å². The monoisotopic (exact) mass is 1100 g/mol. The maximum absolute atomic E-state index is 11.7. The van der Waals surface area contributed by atoms with Gasteiger partial charge in [-0.25, -0.2) is 71.7 Å². The number of carbonyl (C=O) groups excluding carboxylic acids is 4. The number of sulfonamides is 4. The van der Waals surface area contributed by atoms with Crippen LogP contribution >= 0.6 is 46.4 Å². The van der Waals surface area contributed by atoms with E-state index in [1.165, 1.54) is 97.1 Å². The van der Waals surface area contributed by atoms with Crippen molar-refractivity contribution in [1.29, 1.82) is 0 Å². The SMILES string of the molecule is CCCNC(=O)NS(=O)(=O)c1ccc(Cl)cc1.CCCNC(=O)NS(=O)(=O)c1ccc(Cl)cc1.CCCNC(=O)NS(=O)(=O)c1ccc(Cl)cc1.CCCNC(=O)NS(=O)(=O)c1ccc(Cl)cc1. The van der Waals surface area contributed by atoms with Crippen molar-refractivity contribution in [2.45, 2.75) is 73.0 Å². The molecule has 8 amide bonds. The first kappa shape index (κ1) is 60.9. The van der Waals surface area contributed by atoms with Gasteiger partial charge in [0.15, 0.2) is 0 Å². The smallest absolute Gasteiger partial charge is 0.328 e. The fraction of sp³-hybridized carbons (Fsp3) is 0.300. The van der Waals surface area contributed by atoms with Crippen molar-refractivity contribution >= 4 is 111 Å². The number of hydrogen-bond donors (Lipinski definition) is 8. The summed E-state index contributed by atoms with van der Waals surface area (Å²) in [6.07, 6.45) is 2.92. The Labute approximate surface area is 417 Å². The third-order valence-electron chi connectivity index (χ3n) is 7.55. The summed E-state index contributed by atoms with van der Waals surface area (Å²) in [6.45, 7) is 9.15. The molecular weight excluding hydrogens is 1050 g/mol. The number of hydrogen-bond acceptors (Lipinski definition) is 12. The number of halogens is 4. The first-order valence-electron chi connectivity index (χ1n) is 20.1. The standard InChI is InChI=1S/4C10H13ClN2O3S/c4*1-2-7-12-10(14)13-17(15,16)9-5-3-8(11)4-6-9/h4*3-6H,2,7H2,1H3,(H2,12,13,14). The molecule has 20 nitrogen and oxygen atoms in total. The molecule has 68 heavy (non-hydrogen) atoms. The van der Waals surface area contributed by atoms with Gasteiger partial charge >= 0.3 is 24.1 Å². The molecule has 0 aliphatic heterocycles. The highest BCUT2D eigenvalue weighted by molar-refractivity contribution is 7.91. The number of carbonyl (C=O) groups is 4. The molecular formula is C40H52Cl4N8O12S4. The Kier molecular flexibility index (Phi) is 27.3. The summed E-state index contributed by atoms with van der Waals surface area (Å²) in [6, 6.07) is 19.3. The molecule has 8 N–H and O–H groups in total. The molecule has 376 valence electrons. The van der Waals surface area contributed by atoms with E-state index in [4.69, 9.17) is 46.4 Å². The van der Waals surface area contributed by atoms with E-state index in [-0.39, 0.29) is 19.6 Å². The molecule has 0 unspecified atom stereocenters. The first-order valence-corrected chi connectivity index (χ1v) is 27.5. The number of rotatable bonds is 16. The summed E-state index contributed by atoms with van der Waals surface area (Å²) in [5.41, 5.74) is 0. The highest BCUT2D eigenvalue weighted by Crippen LogP contribution is 2.16. The minimum Gasteiger partial charge on any atom is -0.337 e. The fourth-order valence-electron chi connectivity index (χ4n) is 4.28.